The number of rotatable bonds is 3. The number of aliphatic hydroxyl groups excluding tert-OH is 1. The molecule has 2 saturated heterocycles. The summed E-state index contributed by atoms with van der Waals surface area (Å²) in [6.45, 7) is 3.76. The number of ether oxygens (including phenoxy) is 2. The minimum absolute atomic E-state index is 0.290. The van der Waals surface area contributed by atoms with E-state index in [0.29, 0.717) is 17.9 Å². The molecule has 2 aliphatic heterocycles. The first-order chi connectivity index (χ1) is 6.37. The van der Waals surface area contributed by atoms with E-state index >= 15 is 0 Å². The van der Waals surface area contributed by atoms with Gasteiger partial charge in [0.1, 0.15) is 0 Å². The number of hydrogen-bond acceptors (Lipinski definition) is 3. The van der Waals surface area contributed by atoms with Crippen molar-refractivity contribution in [2.45, 2.75) is 19.3 Å². The fourth-order valence-electron chi connectivity index (χ4n) is 2.48. The third-order valence-electron chi connectivity index (χ3n) is 3.48. The lowest BCUT2D eigenvalue weighted by atomic mass is 9.68. The first-order valence-electron chi connectivity index (χ1n) is 5.14. The average Bonchev–Trinajstić information content (AvgIpc) is 2.13. The van der Waals surface area contributed by atoms with Crippen LogP contribution in [0.1, 0.15) is 19.3 Å². The molecule has 0 spiro atoms. The Morgan fingerprint density at radius 2 is 1.85 bits per heavy atom. The SMILES string of the molecule is OCCC1(C2CCOCC2)COC1. The molecule has 1 N–H and O–H groups in total. The van der Waals surface area contributed by atoms with E-state index in [-0.39, 0.29) is 0 Å². The summed E-state index contributed by atoms with van der Waals surface area (Å²) in [5.74, 6) is 0.710. The molecule has 0 atom stereocenters. The van der Waals surface area contributed by atoms with Crippen LogP contribution in [0.2, 0.25) is 0 Å². The lowest BCUT2D eigenvalue weighted by Crippen LogP contribution is -2.50. The number of aliphatic hydroxyl groups is 1. The Labute approximate surface area is 79.0 Å². The summed E-state index contributed by atoms with van der Waals surface area (Å²) in [5, 5.41) is 9.01. The summed E-state index contributed by atoms with van der Waals surface area (Å²) in [4.78, 5) is 0. The van der Waals surface area contributed by atoms with E-state index in [1.807, 2.05) is 0 Å². The van der Waals surface area contributed by atoms with Crippen molar-refractivity contribution in [3.63, 3.8) is 0 Å². The summed E-state index contributed by atoms with van der Waals surface area (Å²) in [5.41, 5.74) is 0.290. The molecular weight excluding hydrogens is 168 g/mol. The third kappa shape index (κ3) is 1.73. The second-order valence-corrected chi connectivity index (χ2v) is 4.22. The fraction of sp³-hybridized carbons (Fsp3) is 1.00. The normalized spacial score (nSPS) is 28.4. The summed E-state index contributed by atoms with van der Waals surface area (Å²) >= 11 is 0. The van der Waals surface area contributed by atoms with Gasteiger partial charge in [-0.2, -0.15) is 0 Å². The van der Waals surface area contributed by atoms with Crippen molar-refractivity contribution in [2.24, 2.45) is 11.3 Å². The maximum absolute atomic E-state index is 9.01. The molecule has 2 heterocycles. The van der Waals surface area contributed by atoms with Crippen molar-refractivity contribution in [3.05, 3.63) is 0 Å². The standard InChI is InChI=1S/C10H18O3/c11-4-3-10(7-13-8-10)9-1-5-12-6-2-9/h9,11H,1-8H2. The molecule has 2 aliphatic rings. The maximum Gasteiger partial charge on any atom is 0.0548 e. The predicted molar refractivity (Wildman–Crippen MR) is 48.5 cm³/mol. The summed E-state index contributed by atoms with van der Waals surface area (Å²) in [7, 11) is 0. The first-order valence-corrected chi connectivity index (χ1v) is 5.14. The van der Waals surface area contributed by atoms with Crippen LogP contribution in [0.5, 0.6) is 0 Å². The molecule has 0 aromatic rings. The van der Waals surface area contributed by atoms with Gasteiger partial charge in [0, 0.05) is 25.2 Å². The van der Waals surface area contributed by atoms with Gasteiger partial charge in [-0.15, -0.1) is 0 Å². The Bertz CT molecular complexity index is 160. The number of hydrogen-bond donors (Lipinski definition) is 1. The Balaban J connectivity index is 1.93. The Morgan fingerprint density at radius 3 is 2.31 bits per heavy atom. The van der Waals surface area contributed by atoms with Crippen LogP contribution in [-0.4, -0.2) is 38.1 Å². The molecule has 0 amide bonds. The van der Waals surface area contributed by atoms with Gasteiger partial charge in [0.05, 0.1) is 13.2 Å². The van der Waals surface area contributed by atoms with Crippen molar-refractivity contribution < 1.29 is 14.6 Å². The monoisotopic (exact) mass is 186 g/mol. The predicted octanol–water partition coefficient (Wildman–Crippen LogP) is 0.812. The molecule has 3 nitrogen and oxygen atoms in total. The van der Waals surface area contributed by atoms with E-state index in [1.54, 1.807) is 0 Å². The largest absolute Gasteiger partial charge is 0.396 e. The van der Waals surface area contributed by atoms with Crippen molar-refractivity contribution in [2.75, 3.05) is 33.0 Å². The lowest BCUT2D eigenvalue weighted by Gasteiger charge is -2.48. The van der Waals surface area contributed by atoms with Gasteiger partial charge in [-0.1, -0.05) is 0 Å². The summed E-state index contributed by atoms with van der Waals surface area (Å²) in [6.07, 6.45) is 3.18. The fourth-order valence-corrected chi connectivity index (χ4v) is 2.48. The van der Waals surface area contributed by atoms with E-state index in [9.17, 15) is 0 Å². The lowest BCUT2D eigenvalue weighted by molar-refractivity contribution is -0.170. The highest BCUT2D eigenvalue weighted by molar-refractivity contribution is 4.92. The zero-order valence-electron chi connectivity index (χ0n) is 8.00. The van der Waals surface area contributed by atoms with Crippen molar-refractivity contribution in [1.29, 1.82) is 0 Å². The molecule has 0 unspecified atom stereocenters. The van der Waals surface area contributed by atoms with Crippen LogP contribution in [0.4, 0.5) is 0 Å². The molecule has 0 radical (unpaired) electrons. The Morgan fingerprint density at radius 1 is 1.15 bits per heavy atom. The second-order valence-electron chi connectivity index (χ2n) is 4.22. The van der Waals surface area contributed by atoms with Crippen LogP contribution < -0.4 is 0 Å². The van der Waals surface area contributed by atoms with Crippen LogP contribution in [0.15, 0.2) is 0 Å². The van der Waals surface area contributed by atoms with E-state index in [2.05, 4.69) is 0 Å². The second kappa shape index (κ2) is 3.95. The van der Waals surface area contributed by atoms with E-state index in [4.69, 9.17) is 14.6 Å². The molecule has 3 heteroatoms. The molecule has 0 aromatic heterocycles. The smallest absolute Gasteiger partial charge is 0.0548 e. The molecule has 76 valence electrons. The Kier molecular flexibility index (Phi) is 2.86. The molecule has 13 heavy (non-hydrogen) atoms. The van der Waals surface area contributed by atoms with Crippen molar-refractivity contribution >= 4 is 0 Å². The third-order valence-corrected chi connectivity index (χ3v) is 3.48. The zero-order valence-corrected chi connectivity index (χ0v) is 8.00. The highest BCUT2D eigenvalue weighted by Crippen LogP contribution is 2.43. The highest BCUT2D eigenvalue weighted by Gasteiger charge is 2.45. The van der Waals surface area contributed by atoms with Gasteiger partial charge in [-0.05, 0) is 25.2 Å². The first kappa shape index (κ1) is 9.44. The van der Waals surface area contributed by atoms with E-state index in [0.717, 1.165) is 45.7 Å². The van der Waals surface area contributed by atoms with Crippen LogP contribution >= 0.6 is 0 Å². The molecule has 2 rings (SSSR count). The van der Waals surface area contributed by atoms with Crippen molar-refractivity contribution in [1.82, 2.24) is 0 Å². The van der Waals surface area contributed by atoms with Gasteiger partial charge in [-0.3, -0.25) is 0 Å². The van der Waals surface area contributed by atoms with Gasteiger partial charge < -0.3 is 14.6 Å². The average molecular weight is 186 g/mol. The van der Waals surface area contributed by atoms with Crippen molar-refractivity contribution in [3.8, 4) is 0 Å². The van der Waals surface area contributed by atoms with Crippen LogP contribution in [0.3, 0.4) is 0 Å². The van der Waals surface area contributed by atoms with Gasteiger partial charge in [0.25, 0.3) is 0 Å². The summed E-state index contributed by atoms with van der Waals surface area (Å²) < 4.78 is 10.6. The quantitative estimate of drug-likeness (QED) is 0.709. The molecule has 0 saturated carbocycles. The van der Waals surface area contributed by atoms with E-state index < -0.39 is 0 Å². The minimum Gasteiger partial charge on any atom is -0.396 e. The topological polar surface area (TPSA) is 38.7 Å². The molecular formula is C10H18O3. The van der Waals surface area contributed by atoms with E-state index in [1.165, 1.54) is 0 Å². The van der Waals surface area contributed by atoms with Gasteiger partial charge in [0.15, 0.2) is 0 Å². The van der Waals surface area contributed by atoms with Gasteiger partial charge >= 0.3 is 0 Å². The van der Waals surface area contributed by atoms with Gasteiger partial charge in [-0.25, -0.2) is 0 Å². The van der Waals surface area contributed by atoms with Gasteiger partial charge in [0.2, 0.25) is 0 Å². The molecule has 0 bridgehead atoms. The minimum atomic E-state index is 0.290. The molecule has 0 aromatic carbocycles. The maximum atomic E-state index is 9.01. The van der Waals surface area contributed by atoms with Crippen LogP contribution in [0.25, 0.3) is 0 Å². The van der Waals surface area contributed by atoms with Crippen LogP contribution in [0, 0.1) is 11.3 Å². The Hall–Kier alpha value is -0.120. The molecule has 2 fully saturated rings. The summed E-state index contributed by atoms with van der Waals surface area (Å²) in [6, 6.07) is 0. The van der Waals surface area contributed by atoms with Crippen LogP contribution in [-0.2, 0) is 9.47 Å². The molecule has 0 aliphatic carbocycles. The zero-order chi connectivity index (χ0) is 9.15. The highest BCUT2D eigenvalue weighted by atomic mass is 16.5.